The van der Waals surface area contributed by atoms with E-state index in [2.05, 4.69) is 23.5 Å². The van der Waals surface area contributed by atoms with Gasteiger partial charge in [-0.3, -0.25) is 4.79 Å². The first kappa shape index (κ1) is 20.0. The van der Waals surface area contributed by atoms with Gasteiger partial charge in [-0.25, -0.2) is 0 Å². The third-order valence-corrected chi connectivity index (χ3v) is 4.37. The monoisotopic (exact) mass is 386 g/mol. The maximum Gasteiger partial charge on any atom is 0.224 e. The van der Waals surface area contributed by atoms with Crippen molar-refractivity contribution in [1.29, 1.82) is 5.26 Å². The number of rotatable bonds is 8. The van der Waals surface area contributed by atoms with Gasteiger partial charge in [0, 0.05) is 18.2 Å². The molecule has 0 aliphatic heterocycles. The molecule has 0 unspecified atom stereocenters. The van der Waals surface area contributed by atoms with Gasteiger partial charge in [-0.15, -0.1) is 0 Å². The number of ether oxygens (including phenoxy) is 2. The molecule has 0 bridgehead atoms. The normalized spacial score (nSPS) is 10.1. The molecular formula is C24H22N2O3. The lowest BCUT2D eigenvalue weighted by Crippen LogP contribution is -2.12. The van der Waals surface area contributed by atoms with Crippen molar-refractivity contribution in [3.05, 3.63) is 78.4 Å². The van der Waals surface area contributed by atoms with Crippen LogP contribution in [-0.2, 0) is 4.79 Å². The number of nitrogens with one attached hydrogen (secondary N) is 1. The Morgan fingerprint density at radius 2 is 1.69 bits per heavy atom. The van der Waals surface area contributed by atoms with Crippen LogP contribution >= 0.6 is 0 Å². The molecule has 0 atom stereocenters. The van der Waals surface area contributed by atoms with E-state index in [1.807, 2.05) is 42.5 Å². The zero-order chi connectivity index (χ0) is 20.5. The molecule has 0 heterocycles. The Kier molecular flexibility index (Phi) is 6.85. The van der Waals surface area contributed by atoms with Crippen molar-refractivity contribution in [3.8, 4) is 28.7 Å². The number of amides is 1. The van der Waals surface area contributed by atoms with Crippen molar-refractivity contribution >= 4 is 11.6 Å². The van der Waals surface area contributed by atoms with E-state index in [9.17, 15) is 4.79 Å². The summed E-state index contributed by atoms with van der Waals surface area (Å²) >= 11 is 0. The molecule has 0 radical (unpaired) electrons. The van der Waals surface area contributed by atoms with Gasteiger partial charge in [0.2, 0.25) is 5.91 Å². The lowest BCUT2D eigenvalue weighted by molar-refractivity contribution is -0.116. The molecule has 0 fully saturated rings. The van der Waals surface area contributed by atoms with E-state index in [4.69, 9.17) is 14.7 Å². The maximum atomic E-state index is 12.2. The van der Waals surface area contributed by atoms with E-state index in [1.165, 1.54) is 7.11 Å². The number of anilines is 1. The van der Waals surface area contributed by atoms with Gasteiger partial charge in [-0.05, 0) is 41.8 Å². The smallest absolute Gasteiger partial charge is 0.224 e. The van der Waals surface area contributed by atoms with Gasteiger partial charge in [0.1, 0.15) is 0 Å². The van der Waals surface area contributed by atoms with Gasteiger partial charge in [0.05, 0.1) is 25.3 Å². The number of nitrogens with zero attached hydrogens (tertiary/aromatic N) is 1. The Balaban J connectivity index is 1.45. The number of nitriles is 1. The van der Waals surface area contributed by atoms with Crippen LogP contribution in [0.1, 0.15) is 18.4 Å². The minimum Gasteiger partial charge on any atom is -0.493 e. The van der Waals surface area contributed by atoms with Crippen LogP contribution in [0.4, 0.5) is 5.69 Å². The second kappa shape index (κ2) is 9.95. The van der Waals surface area contributed by atoms with Crippen LogP contribution in [0.3, 0.4) is 0 Å². The molecule has 3 rings (SSSR count). The Morgan fingerprint density at radius 1 is 0.966 bits per heavy atom. The zero-order valence-corrected chi connectivity index (χ0v) is 16.2. The van der Waals surface area contributed by atoms with E-state index in [1.54, 1.807) is 18.2 Å². The molecule has 5 nitrogen and oxygen atoms in total. The molecule has 0 aliphatic carbocycles. The van der Waals surface area contributed by atoms with Crippen molar-refractivity contribution < 1.29 is 14.3 Å². The highest BCUT2D eigenvalue weighted by Gasteiger charge is 2.07. The number of carbonyl (C=O) groups excluding carboxylic acids is 1. The first-order valence-electron chi connectivity index (χ1n) is 9.36. The molecule has 0 saturated heterocycles. The summed E-state index contributed by atoms with van der Waals surface area (Å²) in [6.07, 6.45) is 0.913. The first-order valence-corrected chi connectivity index (χ1v) is 9.36. The number of methoxy groups -OCH3 is 1. The summed E-state index contributed by atoms with van der Waals surface area (Å²) in [4.78, 5) is 12.2. The average molecular weight is 386 g/mol. The summed E-state index contributed by atoms with van der Waals surface area (Å²) < 4.78 is 10.9. The van der Waals surface area contributed by atoms with Gasteiger partial charge < -0.3 is 14.8 Å². The largest absolute Gasteiger partial charge is 0.493 e. The van der Waals surface area contributed by atoms with Crippen LogP contribution in [0, 0.1) is 11.3 Å². The molecule has 1 amide bonds. The third-order valence-electron chi connectivity index (χ3n) is 4.37. The Hall–Kier alpha value is -3.78. The van der Waals surface area contributed by atoms with Crippen LogP contribution in [0.25, 0.3) is 11.1 Å². The highest BCUT2D eigenvalue weighted by molar-refractivity contribution is 5.91. The van der Waals surface area contributed by atoms with Crippen molar-refractivity contribution in [2.75, 3.05) is 19.0 Å². The summed E-state index contributed by atoms with van der Waals surface area (Å²) in [6, 6.07) is 24.9. The lowest BCUT2D eigenvalue weighted by Gasteiger charge is -2.11. The number of carbonyl (C=O) groups is 1. The molecule has 1 N–H and O–H groups in total. The summed E-state index contributed by atoms with van der Waals surface area (Å²) in [5.74, 6) is 1.00. The topological polar surface area (TPSA) is 71.3 Å². The van der Waals surface area contributed by atoms with Gasteiger partial charge in [0.15, 0.2) is 11.5 Å². The Labute approximate surface area is 170 Å². The maximum absolute atomic E-state index is 12.2. The summed E-state index contributed by atoms with van der Waals surface area (Å²) in [5, 5.41) is 11.8. The molecule has 0 aromatic heterocycles. The van der Waals surface area contributed by atoms with Crippen LogP contribution in [0.5, 0.6) is 11.5 Å². The minimum atomic E-state index is -0.0622. The molecule has 29 heavy (non-hydrogen) atoms. The van der Waals surface area contributed by atoms with Crippen molar-refractivity contribution in [1.82, 2.24) is 0 Å². The zero-order valence-electron chi connectivity index (χ0n) is 16.2. The van der Waals surface area contributed by atoms with Crippen molar-refractivity contribution in [3.63, 3.8) is 0 Å². The van der Waals surface area contributed by atoms with Gasteiger partial charge in [0.25, 0.3) is 0 Å². The fraction of sp³-hybridized carbons (Fsp3) is 0.167. The molecule has 3 aromatic rings. The molecular weight excluding hydrogens is 364 g/mol. The first-order chi connectivity index (χ1) is 14.2. The molecule has 0 saturated carbocycles. The van der Waals surface area contributed by atoms with Crippen molar-refractivity contribution in [2.24, 2.45) is 0 Å². The van der Waals surface area contributed by atoms with E-state index in [-0.39, 0.29) is 5.91 Å². The quantitative estimate of drug-likeness (QED) is 0.551. The predicted octanol–water partition coefficient (Wildman–Crippen LogP) is 5.03. The fourth-order valence-corrected chi connectivity index (χ4v) is 2.87. The molecule has 5 heteroatoms. The summed E-state index contributed by atoms with van der Waals surface area (Å²) in [6.45, 7) is 0.378. The van der Waals surface area contributed by atoms with E-state index in [0.29, 0.717) is 36.5 Å². The average Bonchev–Trinajstić information content (AvgIpc) is 2.78. The fourth-order valence-electron chi connectivity index (χ4n) is 2.87. The molecule has 0 spiro atoms. The van der Waals surface area contributed by atoms with Crippen molar-refractivity contribution in [2.45, 2.75) is 12.8 Å². The Morgan fingerprint density at radius 3 is 2.38 bits per heavy atom. The Bertz CT molecular complexity index is 993. The summed E-state index contributed by atoms with van der Waals surface area (Å²) in [7, 11) is 1.53. The second-order valence-corrected chi connectivity index (χ2v) is 6.42. The standard InChI is InChI=1S/C24H22N2O3/c1-28-23-16-18(17-25)9-14-22(23)29-15-5-8-24(27)26-21-12-10-20(11-13-21)19-6-3-2-4-7-19/h2-4,6-7,9-14,16H,5,8,15H2,1H3,(H,26,27). The number of benzene rings is 3. The summed E-state index contributed by atoms with van der Waals surface area (Å²) in [5.41, 5.74) is 3.52. The SMILES string of the molecule is COc1cc(C#N)ccc1OCCCC(=O)Nc1ccc(-c2ccccc2)cc1. The minimum absolute atomic E-state index is 0.0622. The van der Waals surface area contributed by atoms with E-state index in [0.717, 1.165) is 16.8 Å². The van der Waals surface area contributed by atoms with Crippen LogP contribution < -0.4 is 14.8 Å². The number of hydrogen-bond acceptors (Lipinski definition) is 4. The number of hydrogen-bond donors (Lipinski definition) is 1. The van der Waals surface area contributed by atoms with Crippen LogP contribution in [0.2, 0.25) is 0 Å². The van der Waals surface area contributed by atoms with E-state index >= 15 is 0 Å². The van der Waals surface area contributed by atoms with Crippen LogP contribution in [-0.4, -0.2) is 19.6 Å². The predicted molar refractivity (Wildman–Crippen MR) is 113 cm³/mol. The third kappa shape index (κ3) is 5.60. The molecule has 146 valence electrons. The molecule has 3 aromatic carbocycles. The lowest BCUT2D eigenvalue weighted by atomic mass is 10.1. The van der Waals surface area contributed by atoms with Gasteiger partial charge >= 0.3 is 0 Å². The van der Waals surface area contributed by atoms with Gasteiger partial charge in [-0.1, -0.05) is 42.5 Å². The van der Waals surface area contributed by atoms with Gasteiger partial charge in [-0.2, -0.15) is 5.26 Å². The highest BCUT2D eigenvalue weighted by Crippen LogP contribution is 2.28. The van der Waals surface area contributed by atoms with E-state index < -0.39 is 0 Å². The molecule has 0 aliphatic rings. The van der Waals surface area contributed by atoms with Crippen LogP contribution in [0.15, 0.2) is 72.8 Å². The second-order valence-electron chi connectivity index (χ2n) is 6.42. The highest BCUT2D eigenvalue weighted by atomic mass is 16.5.